The molecule has 3 rings (SSSR count). The van der Waals surface area contributed by atoms with E-state index in [4.69, 9.17) is 0 Å². The monoisotopic (exact) mass is 376 g/mol. The largest absolute Gasteiger partial charge is 0.344 e. The number of nitrogens with zero attached hydrogens (tertiary/aromatic N) is 6. The van der Waals surface area contributed by atoms with Gasteiger partial charge in [-0.25, -0.2) is 9.97 Å². The summed E-state index contributed by atoms with van der Waals surface area (Å²) in [4.78, 5) is 33.0. The van der Waals surface area contributed by atoms with Gasteiger partial charge >= 0.3 is 0 Å². The van der Waals surface area contributed by atoms with Crippen molar-refractivity contribution in [2.75, 3.05) is 32.1 Å². The lowest BCUT2D eigenvalue weighted by atomic mass is 10.2. The summed E-state index contributed by atoms with van der Waals surface area (Å²) in [6, 6.07) is 7.91. The molecule has 0 aliphatic rings. The Morgan fingerprint density at radius 1 is 0.821 bits per heavy atom. The minimum atomic E-state index is -0.0833. The van der Waals surface area contributed by atoms with Gasteiger partial charge in [0.05, 0.1) is 5.56 Å². The minimum Gasteiger partial charge on any atom is -0.344 e. The van der Waals surface area contributed by atoms with Crippen molar-refractivity contribution < 1.29 is 4.79 Å². The molecule has 0 aliphatic heterocycles. The molecule has 0 fully saturated rings. The summed E-state index contributed by atoms with van der Waals surface area (Å²) < 4.78 is 0. The first-order chi connectivity index (χ1) is 13.6. The number of anilines is 1. The summed E-state index contributed by atoms with van der Waals surface area (Å²) in [5.41, 5.74) is 2.85. The van der Waals surface area contributed by atoms with Crippen molar-refractivity contribution in [3.63, 3.8) is 0 Å². The molecule has 28 heavy (non-hydrogen) atoms. The van der Waals surface area contributed by atoms with Crippen LogP contribution in [0.1, 0.15) is 21.5 Å². The molecular weight excluding hydrogens is 352 g/mol. The lowest BCUT2D eigenvalue weighted by Gasteiger charge is -2.19. The van der Waals surface area contributed by atoms with E-state index in [2.05, 4.69) is 19.9 Å². The SMILES string of the molecule is CN(CCc1ccncc1)C(=O)c1cnc(N(C)CCc2ccncc2)nc1. The number of aromatic nitrogens is 4. The third-order valence-electron chi connectivity index (χ3n) is 4.54. The molecule has 0 radical (unpaired) electrons. The van der Waals surface area contributed by atoms with Crippen LogP contribution in [0.2, 0.25) is 0 Å². The van der Waals surface area contributed by atoms with Gasteiger partial charge in [0.25, 0.3) is 5.91 Å². The van der Waals surface area contributed by atoms with Gasteiger partial charge in [0.1, 0.15) is 0 Å². The summed E-state index contributed by atoms with van der Waals surface area (Å²) in [5.74, 6) is 0.519. The van der Waals surface area contributed by atoms with Crippen LogP contribution in [-0.2, 0) is 12.8 Å². The van der Waals surface area contributed by atoms with Crippen LogP contribution >= 0.6 is 0 Å². The van der Waals surface area contributed by atoms with E-state index in [9.17, 15) is 4.79 Å². The fourth-order valence-electron chi connectivity index (χ4n) is 2.74. The van der Waals surface area contributed by atoms with Gasteiger partial charge in [-0.15, -0.1) is 0 Å². The number of carbonyl (C=O) groups excluding carboxylic acids is 1. The van der Waals surface area contributed by atoms with Crippen LogP contribution in [0.5, 0.6) is 0 Å². The lowest BCUT2D eigenvalue weighted by Crippen LogP contribution is -2.29. The maximum absolute atomic E-state index is 12.6. The molecule has 0 N–H and O–H groups in total. The zero-order chi connectivity index (χ0) is 19.8. The highest BCUT2D eigenvalue weighted by molar-refractivity contribution is 5.93. The Bertz CT molecular complexity index is 870. The molecular formula is C21H24N6O. The summed E-state index contributed by atoms with van der Waals surface area (Å²) in [6.07, 6.45) is 11.9. The van der Waals surface area contributed by atoms with E-state index in [1.54, 1.807) is 49.1 Å². The van der Waals surface area contributed by atoms with Gasteiger partial charge in [0.15, 0.2) is 0 Å². The van der Waals surface area contributed by atoms with Gasteiger partial charge < -0.3 is 9.80 Å². The number of pyridine rings is 2. The Kier molecular flexibility index (Phi) is 6.62. The lowest BCUT2D eigenvalue weighted by molar-refractivity contribution is 0.0796. The van der Waals surface area contributed by atoms with Crippen molar-refractivity contribution in [3.05, 3.63) is 78.1 Å². The Labute approximate surface area is 165 Å². The summed E-state index contributed by atoms with van der Waals surface area (Å²) in [7, 11) is 3.73. The smallest absolute Gasteiger partial charge is 0.256 e. The number of likely N-dealkylation sites (N-methyl/N-ethyl adjacent to an activating group) is 2. The van der Waals surface area contributed by atoms with Crippen LogP contribution in [0.4, 0.5) is 5.95 Å². The van der Waals surface area contributed by atoms with Crippen molar-refractivity contribution in [1.29, 1.82) is 0 Å². The molecule has 7 nitrogen and oxygen atoms in total. The second-order valence-electron chi connectivity index (χ2n) is 6.63. The highest BCUT2D eigenvalue weighted by atomic mass is 16.2. The standard InChI is InChI=1S/C21H24N6O/c1-26(13-7-17-3-9-22-10-4-17)20(28)19-15-24-21(25-16-19)27(2)14-8-18-5-11-23-12-6-18/h3-6,9-12,15-16H,7-8,13-14H2,1-2H3. The first-order valence-electron chi connectivity index (χ1n) is 9.20. The average Bonchev–Trinajstić information content (AvgIpc) is 2.77. The number of carbonyl (C=O) groups is 1. The van der Waals surface area contributed by atoms with Gasteiger partial charge in [-0.1, -0.05) is 0 Å². The predicted molar refractivity (Wildman–Crippen MR) is 108 cm³/mol. The van der Waals surface area contributed by atoms with Crippen LogP contribution in [0.25, 0.3) is 0 Å². The molecule has 0 saturated carbocycles. The van der Waals surface area contributed by atoms with E-state index in [-0.39, 0.29) is 5.91 Å². The molecule has 0 saturated heterocycles. The third kappa shape index (κ3) is 5.33. The summed E-state index contributed by atoms with van der Waals surface area (Å²) in [6.45, 7) is 1.40. The molecule has 0 atom stereocenters. The van der Waals surface area contributed by atoms with E-state index < -0.39 is 0 Å². The molecule has 1 amide bonds. The number of rotatable bonds is 8. The fourth-order valence-corrected chi connectivity index (χ4v) is 2.74. The molecule has 0 aliphatic carbocycles. The van der Waals surface area contributed by atoms with Gasteiger partial charge in [-0.05, 0) is 48.2 Å². The van der Waals surface area contributed by atoms with Crippen molar-refractivity contribution in [1.82, 2.24) is 24.8 Å². The Balaban J connectivity index is 1.53. The van der Waals surface area contributed by atoms with Crippen molar-refractivity contribution in [3.8, 4) is 0 Å². The van der Waals surface area contributed by atoms with E-state index in [0.29, 0.717) is 18.1 Å². The molecule has 3 heterocycles. The fraction of sp³-hybridized carbons (Fsp3) is 0.286. The Morgan fingerprint density at radius 2 is 1.32 bits per heavy atom. The first kappa shape index (κ1) is 19.4. The Morgan fingerprint density at radius 3 is 1.86 bits per heavy atom. The van der Waals surface area contributed by atoms with Gasteiger partial charge in [0, 0.05) is 64.4 Å². The second kappa shape index (κ2) is 9.55. The highest BCUT2D eigenvalue weighted by Gasteiger charge is 2.14. The zero-order valence-corrected chi connectivity index (χ0v) is 16.2. The third-order valence-corrected chi connectivity index (χ3v) is 4.54. The normalized spacial score (nSPS) is 10.5. The molecule has 0 spiro atoms. The topological polar surface area (TPSA) is 75.1 Å². The predicted octanol–water partition coefficient (Wildman–Crippen LogP) is 2.26. The number of hydrogen-bond acceptors (Lipinski definition) is 6. The van der Waals surface area contributed by atoms with Gasteiger partial charge in [-0.2, -0.15) is 0 Å². The van der Waals surface area contributed by atoms with Gasteiger partial charge in [-0.3, -0.25) is 14.8 Å². The van der Waals surface area contributed by atoms with Crippen molar-refractivity contribution in [2.24, 2.45) is 0 Å². The van der Waals surface area contributed by atoms with Crippen LogP contribution in [-0.4, -0.2) is 57.9 Å². The molecule has 0 aromatic carbocycles. The molecule has 7 heteroatoms. The van der Waals surface area contributed by atoms with Crippen LogP contribution < -0.4 is 4.90 Å². The minimum absolute atomic E-state index is 0.0833. The zero-order valence-electron chi connectivity index (χ0n) is 16.2. The second-order valence-corrected chi connectivity index (χ2v) is 6.63. The molecule has 3 aromatic rings. The highest BCUT2D eigenvalue weighted by Crippen LogP contribution is 2.09. The van der Waals surface area contributed by atoms with Crippen molar-refractivity contribution >= 4 is 11.9 Å². The quantitative estimate of drug-likeness (QED) is 0.600. The molecule has 0 bridgehead atoms. The van der Waals surface area contributed by atoms with E-state index in [1.165, 1.54) is 5.56 Å². The summed E-state index contributed by atoms with van der Waals surface area (Å²) >= 11 is 0. The van der Waals surface area contributed by atoms with Crippen LogP contribution in [0.3, 0.4) is 0 Å². The number of hydrogen-bond donors (Lipinski definition) is 0. The maximum Gasteiger partial charge on any atom is 0.256 e. The van der Waals surface area contributed by atoms with Gasteiger partial charge in [0.2, 0.25) is 5.95 Å². The van der Waals surface area contributed by atoms with Crippen LogP contribution in [0.15, 0.2) is 61.4 Å². The molecule has 144 valence electrons. The van der Waals surface area contributed by atoms with Crippen molar-refractivity contribution in [2.45, 2.75) is 12.8 Å². The maximum atomic E-state index is 12.6. The van der Waals surface area contributed by atoms with E-state index in [1.807, 2.05) is 36.2 Å². The molecule has 3 aromatic heterocycles. The van der Waals surface area contributed by atoms with E-state index >= 15 is 0 Å². The average molecular weight is 376 g/mol. The molecule has 0 unspecified atom stereocenters. The van der Waals surface area contributed by atoms with E-state index in [0.717, 1.165) is 24.9 Å². The van der Waals surface area contributed by atoms with Crippen LogP contribution in [0, 0.1) is 0 Å². The Hall–Kier alpha value is -3.35. The first-order valence-corrected chi connectivity index (χ1v) is 9.20. The summed E-state index contributed by atoms with van der Waals surface area (Å²) in [5, 5.41) is 0. The number of amides is 1.